The maximum Gasteiger partial charge on any atom is 0.328 e. The minimum Gasteiger partial charge on any atom is -0.480 e. The topological polar surface area (TPSA) is 118 Å². The van der Waals surface area contributed by atoms with Crippen molar-refractivity contribution in [1.29, 1.82) is 0 Å². The molecule has 1 unspecified atom stereocenters. The van der Waals surface area contributed by atoms with E-state index in [4.69, 9.17) is 5.11 Å². The second-order valence-corrected chi connectivity index (χ2v) is 5.35. The van der Waals surface area contributed by atoms with Crippen molar-refractivity contribution in [2.75, 3.05) is 0 Å². The quantitative estimate of drug-likeness (QED) is 0.575. The Morgan fingerprint density at radius 3 is 2.46 bits per heavy atom. The molecule has 122 valence electrons. The smallest absolute Gasteiger partial charge is 0.328 e. The highest BCUT2D eigenvalue weighted by molar-refractivity contribution is 6.31. The van der Waals surface area contributed by atoms with Crippen molar-refractivity contribution in [3.63, 3.8) is 0 Å². The number of benzene rings is 1. The number of rotatable bonds is 3. The average Bonchev–Trinajstić information content (AvgIpc) is 2.93. The van der Waals surface area contributed by atoms with E-state index in [0.29, 0.717) is 5.56 Å². The van der Waals surface area contributed by atoms with E-state index < -0.39 is 29.9 Å². The number of carbonyl (C=O) groups excluding carboxylic acids is 3. The Hall–Kier alpha value is -3.42. The molecule has 1 aromatic carbocycles. The number of amides is 4. The number of fused-ring (bicyclic) bond motifs is 1. The molecule has 2 heterocycles. The van der Waals surface area contributed by atoms with Crippen LogP contribution in [0.3, 0.4) is 0 Å². The summed E-state index contributed by atoms with van der Waals surface area (Å²) < 4.78 is 1.62. The van der Waals surface area contributed by atoms with Gasteiger partial charge in [-0.1, -0.05) is 6.07 Å². The van der Waals surface area contributed by atoms with Crippen molar-refractivity contribution in [2.45, 2.75) is 13.0 Å². The van der Waals surface area contributed by atoms with Gasteiger partial charge in [-0.05, 0) is 36.8 Å². The van der Waals surface area contributed by atoms with Gasteiger partial charge in [-0.3, -0.25) is 20.2 Å². The number of barbiturate groups is 1. The van der Waals surface area contributed by atoms with Gasteiger partial charge in [0.1, 0.15) is 11.6 Å². The molecule has 0 aliphatic carbocycles. The van der Waals surface area contributed by atoms with Gasteiger partial charge in [0.15, 0.2) is 0 Å². The van der Waals surface area contributed by atoms with Gasteiger partial charge in [0, 0.05) is 17.1 Å². The molecule has 0 bridgehead atoms. The lowest BCUT2D eigenvalue weighted by Gasteiger charge is -2.14. The lowest BCUT2D eigenvalue weighted by atomic mass is 10.1. The summed E-state index contributed by atoms with van der Waals surface area (Å²) in [5, 5.41) is 13.9. The van der Waals surface area contributed by atoms with Crippen LogP contribution in [0.1, 0.15) is 18.5 Å². The van der Waals surface area contributed by atoms with Crippen molar-refractivity contribution >= 4 is 40.8 Å². The Morgan fingerprint density at radius 2 is 1.83 bits per heavy atom. The lowest BCUT2D eigenvalue weighted by molar-refractivity contribution is -0.140. The van der Waals surface area contributed by atoms with Crippen LogP contribution in [0.5, 0.6) is 0 Å². The van der Waals surface area contributed by atoms with Gasteiger partial charge in [-0.2, -0.15) is 0 Å². The van der Waals surface area contributed by atoms with Crippen molar-refractivity contribution in [3.05, 3.63) is 41.6 Å². The molecule has 0 spiro atoms. The summed E-state index contributed by atoms with van der Waals surface area (Å²) in [6.07, 6.45) is 3.04. The first-order valence-electron chi connectivity index (χ1n) is 7.08. The second kappa shape index (κ2) is 5.65. The Balaban J connectivity index is 1.99. The van der Waals surface area contributed by atoms with E-state index in [2.05, 4.69) is 0 Å². The Labute approximate surface area is 135 Å². The van der Waals surface area contributed by atoms with Crippen molar-refractivity contribution in [1.82, 2.24) is 15.2 Å². The molecule has 8 nitrogen and oxygen atoms in total. The first kappa shape index (κ1) is 15.5. The molecule has 2 aromatic rings. The van der Waals surface area contributed by atoms with Gasteiger partial charge in [0.25, 0.3) is 11.8 Å². The van der Waals surface area contributed by atoms with Gasteiger partial charge in [0.05, 0.1) is 0 Å². The minimum absolute atomic E-state index is 0.174. The molecule has 0 saturated carbocycles. The number of nitrogens with one attached hydrogen (secondary N) is 2. The number of hydrogen-bond donors (Lipinski definition) is 3. The van der Waals surface area contributed by atoms with E-state index in [1.54, 1.807) is 42.0 Å². The zero-order valence-electron chi connectivity index (χ0n) is 12.6. The molecular formula is C16H13N3O5. The molecule has 1 saturated heterocycles. The fraction of sp³-hybridized carbons (Fsp3) is 0.125. The molecule has 1 atom stereocenters. The second-order valence-electron chi connectivity index (χ2n) is 5.35. The third-order valence-corrected chi connectivity index (χ3v) is 3.77. The zero-order valence-corrected chi connectivity index (χ0v) is 12.6. The molecule has 1 aliphatic rings. The van der Waals surface area contributed by atoms with Gasteiger partial charge in [0.2, 0.25) is 0 Å². The van der Waals surface area contributed by atoms with E-state index in [1.165, 1.54) is 6.08 Å². The Kier molecular flexibility index (Phi) is 3.64. The first-order valence-corrected chi connectivity index (χ1v) is 7.08. The predicted molar refractivity (Wildman–Crippen MR) is 83.9 cm³/mol. The van der Waals surface area contributed by atoms with Gasteiger partial charge in [-0.25, -0.2) is 9.59 Å². The number of imide groups is 2. The fourth-order valence-corrected chi connectivity index (χ4v) is 2.50. The van der Waals surface area contributed by atoms with Crippen LogP contribution < -0.4 is 10.6 Å². The standard InChI is InChI=1S/C16H13N3O5/c1-8(15(22)23)19-5-4-10-6-9(2-3-12(10)19)7-11-13(20)17-16(24)18-14(11)21/h2-8H,1H3,(H,22,23)(H2,17,18,20,21,24). The monoisotopic (exact) mass is 327 g/mol. The first-order chi connectivity index (χ1) is 11.4. The molecular weight excluding hydrogens is 314 g/mol. The van der Waals surface area contributed by atoms with Crippen LogP contribution in [0.2, 0.25) is 0 Å². The molecule has 4 amide bonds. The van der Waals surface area contributed by atoms with Crippen molar-refractivity contribution in [2.24, 2.45) is 0 Å². The lowest BCUT2D eigenvalue weighted by Crippen LogP contribution is -2.51. The highest BCUT2D eigenvalue weighted by Gasteiger charge is 2.27. The van der Waals surface area contributed by atoms with Crippen molar-refractivity contribution < 1.29 is 24.3 Å². The third kappa shape index (κ3) is 2.65. The van der Waals surface area contributed by atoms with Crippen LogP contribution in [0.25, 0.3) is 17.0 Å². The number of aromatic nitrogens is 1. The zero-order chi connectivity index (χ0) is 17.4. The molecule has 1 aliphatic heterocycles. The molecule has 3 rings (SSSR count). The maximum atomic E-state index is 11.7. The summed E-state index contributed by atoms with van der Waals surface area (Å²) in [4.78, 5) is 45.6. The van der Waals surface area contributed by atoms with Gasteiger partial charge >= 0.3 is 12.0 Å². The number of carbonyl (C=O) groups is 4. The number of aliphatic carboxylic acids is 1. The van der Waals surface area contributed by atoms with E-state index in [0.717, 1.165) is 10.9 Å². The largest absolute Gasteiger partial charge is 0.480 e. The summed E-state index contributed by atoms with van der Waals surface area (Å²) in [7, 11) is 0. The fourth-order valence-electron chi connectivity index (χ4n) is 2.50. The summed E-state index contributed by atoms with van der Waals surface area (Å²) in [5.41, 5.74) is 1.13. The van der Waals surface area contributed by atoms with Crippen LogP contribution in [-0.2, 0) is 14.4 Å². The van der Waals surface area contributed by atoms with Crippen molar-refractivity contribution in [3.8, 4) is 0 Å². The van der Waals surface area contributed by atoms with E-state index >= 15 is 0 Å². The van der Waals surface area contributed by atoms with Crippen LogP contribution in [0, 0.1) is 0 Å². The minimum atomic E-state index is -0.945. The number of nitrogens with zero attached hydrogens (tertiary/aromatic N) is 1. The molecule has 8 heteroatoms. The summed E-state index contributed by atoms with van der Waals surface area (Å²) >= 11 is 0. The normalized spacial score (nSPS) is 15.9. The number of carboxylic acids is 1. The van der Waals surface area contributed by atoms with E-state index in [9.17, 15) is 19.2 Å². The van der Waals surface area contributed by atoms with Crippen LogP contribution in [0.15, 0.2) is 36.0 Å². The summed E-state index contributed by atoms with van der Waals surface area (Å²) in [6, 6.07) is 5.29. The molecule has 1 fully saturated rings. The van der Waals surface area contributed by atoms with Gasteiger partial charge in [-0.15, -0.1) is 0 Å². The molecule has 0 radical (unpaired) electrons. The van der Waals surface area contributed by atoms with Crippen LogP contribution in [-0.4, -0.2) is 33.5 Å². The van der Waals surface area contributed by atoms with E-state index in [-0.39, 0.29) is 5.57 Å². The highest BCUT2D eigenvalue weighted by Crippen LogP contribution is 2.23. The Bertz CT molecular complexity index is 903. The average molecular weight is 327 g/mol. The third-order valence-electron chi connectivity index (χ3n) is 3.77. The number of urea groups is 1. The molecule has 3 N–H and O–H groups in total. The summed E-state index contributed by atoms with van der Waals surface area (Å²) in [6.45, 7) is 1.57. The SMILES string of the molecule is CC(C(=O)O)n1ccc2cc(C=C3C(=O)NC(=O)NC3=O)ccc21. The Morgan fingerprint density at radius 1 is 1.17 bits per heavy atom. The maximum absolute atomic E-state index is 11.7. The number of carboxylic acid groups (broad SMARTS) is 1. The van der Waals surface area contributed by atoms with E-state index in [1.807, 2.05) is 10.6 Å². The molecule has 1 aromatic heterocycles. The number of hydrogen-bond acceptors (Lipinski definition) is 4. The highest BCUT2D eigenvalue weighted by atomic mass is 16.4. The summed E-state index contributed by atoms with van der Waals surface area (Å²) in [5.74, 6) is -2.47. The van der Waals surface area contributed by atoms with Gasteiger partial charge < -0.3 is 9.67 Å². The molecule has 24 heavy (non-hydrogen) atoms. The predicted octanol–water partition coefficient (Wildman–Crippen LogP) is 1.04. The van der Waals surface area contributed by atoms with Crippen LogP contribution in [0.4, 0.5) is 4.79 Å². The van der Waals surface area contributed by atoms with Crippen LogP contribution >= 0.6 is 0 Å².